The molecule has 4 rings (SSSR count). The van der Waals surface area contributed by atoms with Gasteiger partial charge in [0, 0.05) is 18.1 Å². The van der Waals surface area contributed by atoms with Gasteiger partial charge in [0.25, 0.3) is 0 Å². The summed E-state index contributed by atoms with van der Waals surface area (Å²) in [5.74, 6) is 0.585. The molecule has 0 amide bonds. The summed E-state index contributed by atoms with van der Waals surface area (Å²) in [7, 11) is 0. The zero-order chi connectivity index (χ0) is 16.0. The molecule has 4 nitrogen and oxygen atoms in total. The summed E-state index contributed by atoms with van der Waals surface area (Å²) < 4.78 is 7.89. The average Bonchev–Trinajstić information content (AvgIpc) is 3.16. The van der Waals surface area contributed by atoms with E-state index in [1.807, 2.05) is 61.1 Å². The molecule has 4 aromatic rings. The molecule has 2 heterocycles. The van der Waals surface area contributed by atoms with Crippen LogP contribution in [-0.4, -0.2) is 14.7 Å². The van der Waals surface area contributed by atoms with Gasteiger partial charge in [-0.1, -0.05) is 6.07 Å². The molecular formula is C19H16N2O2. The number of aromatic nitrogens is 2. The van der Waals surface area contributed by atoms with Gasteiger partial charge in [-0.25, -0.2) is 4.98 Å². The fourth-order valence-electron chi connectivity index (χ4n) is 2.85. The molecular weight excluding hydrogens is 288 g/mol. The van der Waals surface area contributed by atoms with Crippen LogP contribution < -0.4 is 0 Å². The quantitative estimate of drug-likeness (QED) is 0.588. The van der Waals surface area contributed by atoms with Crippen LogP contribution in [0.15, 0.2) is 59.3 Å². The summed E-state index contributed by atoms with van der Waals surface area (Å²) in [5.41, 5.74) is 5.28. The van der Waals surface area contributed by atoms with Gasteiger partial charge in [-0.3, -0.25) is 0 Å². The van der Waals surface area contributed by atoms with Crippen molar-refractivity contribution in [2.24, 2.45) is 0 Å². The van der Waals surface area contributed by atoms with Gasteiger partial charge in [0.05, 0.1) is 5.56 Å². The van der Waals surface area contributed by atoms with Crippen molar-refractivity contribution in [3.63, 3.8) is 0 Å². The number of phenols is 1. The Bertz CT molecular complexity index is 998. The molecule has 0 aliphatic heterocycles. The molecule has 0 aliphatic carbocycles. The molecule has 4 heteroatoms. The van der Waals surface area contributed by atoms with Crippen molar-refractivity contribution < 1.29 is 9.52 Å². The van der Waals surface area contributed by atoms with Crippen molar-refractivity contribution in [3.8, 4) is 22.9 Å². The zero-order valence-electron chi connectivity index (χ0n) is 12.9. The van der Waals surface area contributed by atoms with Gasteiger partial charge in [-0.15, -0.1) is 0 Å². The second-order valence-corrected chi connectivity index (χ2v) is 5.74. The van der Waals surface area contributed by atoms with Crippen LogP contribution in [0.1, 0.15) is 11.1 Å². The first-order valence-electron chi connectivity index (χ1n) is 7.46. The standard InChI is InChI=1S/C19H16N2O2/c1-12-9-13(2)18-16(10-12)20-19(23-18)15-11-14(5-6-17(15)22)21-7-3-4-8-21/h3-11,22H,1-2H3. The number of aryl methyl sites for hydroxylation is 2. The number of aromatic hydroxyl groups is 1. The molecule has 0 spiro atoms. The zero-order valence-corrected chi connectivity index (χ0v) is 12.9. The minimum atomic E-state index is 0.154. The lowest BCUT2D eigenvalue weighted by Crippen LogP contribution is -1.90. The fourth-order valence-corrected chi connectivity index (χ4v) is 2.85. The lowest BCUT2D eigenvalue weighted by Gasteiger charge is -2.06. The first kappa shape index (κ1) is 13.6. The van der Waals surface area contributed by atoms with E-state index in [1.165, 1.54) is 0 Å². The average molecular weight is 304 g/mol. The number of hydrogen-bond donors (Lipinski definition) is 1. The van der Waals surface area contributed by atoms with E-state index in [1.54, 1.807) is 6.07 Å². The van der Waals surface area contributed by atoms with Crippen molar-refractivity contribution in [2.75, 3.05) is 0 Å². The van der Waals surface area contributed by atoms with Gasteiger partial charge in [-0.2, -0.15) is 0 Å². The van der Waals surface area contributed by atoms with Crippen LogP contribution in [0.25, 0.3) is 28.2 Å². The lowest BCUT2D eigenvalue weighted by atomic mass is 10.1. The molecule has 114 valence electrons. The topological polar surface area (TPSA) is 51.2 Å². The van der Waals surface area contributed by atoms with Crippen LogP contribution in [0.4, 0.5) is 0 Å². The lowest BCUT2D eigenvalue weighted by molar-refractivity contribution is 0.474. The first-order valence-corrected chi connectivity index (χ1v) is 7.46. The van der Waals surface area contributed by atoms with Gasteiger partial charge >= 0.3 is 0 Å². The summed E-state index contributed by atoms with van der Waals surface area (Å²) in [6, 6.07) is 13.4. The highest BCUT2D eigenvalue weighted by Crippen LogP contribution is 2.34. The van der Waals surface area contributed by atoms with E-state index >= 15 is 0 Å². The monoisotopic (exact) mass is 304 g/mol. The fraction of sp³-hybridized carbons (Fsp3) is 0.105. The van der Waals surface area contributed by atoms with Gasteiger partial charge in [0.2, 0.25) is 5.89 Å². The SMILES string of the molecule is Cc1cc(C)c2oc(-c3cc(-n4cccc4)ccc3O)nc2c1. The van der Waals surface area contributed by atoms with Gasteiger partial charge < -0.3 is 14.1 Å². The summed E-state index contributed by atoms with van der Waals surface area (Å²) in [4.78, 5) is 4.55. The second kappa shape index (κ2) is 5.02. The van der Waals surface area contributed by atoms with E-state index in [9.17, 15) is 5.11 Å². The van der Waals surface area contributed by atoms with Crippen LogP contribution >= 0.6 is 0 Å². The Kier molecular flexibility index (Phi) is 2.98. The number of fused-ring (bicyclic) bond motifs is 1. The molecule has 23 heavy (non-hydrogen) atoms. The first-order chi connectivity index (χ1) is 11.1. The number of rotatable bonds is 2. The molecule has 0 atom stereocenters. The Labute approximate surface area is 133 Å². The number of hydrogen-bond acceptors (Lipinski definition) is 3. The Morgan fingerprint density at radius 2 is 1.83 bits per heavy atom. The number of oxazole rings is 1. The predicted octanol–water partition coefficient (Wildman–Crippen LogP) is 4.61. The van der Waals surface area contributed by atoms with Crippen molar-refractivity contribution in [1.29, 1.82) is 0 Å². The number of benzene rings is 2. The van der Waals surface area contributed by atoms with E-state index in [0.29, 0.717) is 11.5 Å². The highest BCUT2D eigenvalue weighted by molar-refractivity contribution is 5.81. The molecule has 0 aliphatic rings. The van der Waals surface area contributed by atoms with E-state index < -0.39 is 0 Å². The van der Waals surface area contributed by atoms with E-state index in [4.69, 9.17) is 4.42 Å². The van der Waals surface area contributed by atoms with Crippen molar-refractivity contribution >= 4 is 11.1 Å². The Morgan fingerprint density at radius 1 is 1.04 bits per heavy atom. The molecule has 2 aromatic heterocycles. The van der Waals surface area contributed by atoms with E-state index in [-0.39, 0.29) is 5.75 Å². The summed E-state index contributed by atoms with van der Waals surface area (Å²) in [5, 5.41) is 10.2. The Hall–Kier alpha value is -3.01. The molecule has 2 aromatic carbocycles. The Morgan fingerprint density at radius 3 is 2.61 bits per heavy atom. The molecule has 0 saturated heterocycles. The Balaban J connectivity index is 1.90. The van der Waals surface area contributed by atoms with Crippen LogP contribution in [0.3, 0.4) is 0 Å². The second-order valence-electron chi connectivity index (χ2n) is 5.74. The maximum atomic E-state index is 10.2. The van der Waals surface area contributed by atoms with Crippen LogP contribution in [0.5, 0.6) is 5.75 Å². The summed E-state index contributed by atoms with van der Waals surface area (Å²) in [6.07, 6.45) is 3.91. The van der Waals surface area contributed by atoms with E-state index in [2.05, 4.69) is 11.1 Å². The smallest absolute Gasteiger partial charge is 0.231 e. The summed E-state index contributed by atoms with van der Waals surface area (Å²) in [6.45, 7) is 4.03. The largest absolute Gasteiger partial charge is 0.507 e. The molecule has 0 saturated carbocycles. The predicted molar refractivity (Wildman–Crippen MR) is 89.9 cm³/mol. The van der Waals surface area contributed by atoms with Crippen molar-refractivity contribution in [3.05, 3.63) is 66.0 Å². The minimum absolute atomic E-state index is 0.154. The van der Waals surface area contributed by atoms with Crippen molar-refractivity contribution in [1.82, 2.24) is 9.55 Å². The highest BCUT2D eigenvalue weighted by atomic mass is 16.3. The molecule has 1 N–H and O–H groups in total. The molecule has 0 radical (unpaired) electrons. The van der Waals surface area contributed by atoms with Crippen LogP contribution in [-0.2, 0) is 0 Å². The highest BCUT2D eigenvalue weighted by Gasteiger charge is 2.15. The van der Waals surface area contributed by atoms with Crippen LogP contribution in [0.2, 0.25) is 0 Å². The third-order valence-electron chi connectivity index (χ3n) is 3.93. The third kappa shape index (κ3) is 2.28. The molecule has 0 unspecified atom stereocenters. The maximum Gasteiger partial charge on any atom is 0.231 e. The minimum Gasteiger partial charge on any atom is -0.507 e. The molecule has 0 fully saturated rings. The third-order valence-corrected chi connectivity index (χ3v) is 3.93. The van der Waals surface area contributed by atoms with E-state index in [0.717, 1.165) is 27.9 Å². The number of nitrogens with zero attached hydrogens (tertiary/aromatic N) is 2. The van der Waals surface area contributed by atoms with Gasteiger partial charge in [0.1, 0.15) is 11.3 Å². The molecule has 0 bridgehead atoms. The normalized spacial score (nSPS) is 11.2. The summed E-state index contributed by atoms with van der Waals surface area (Å²) >= 11 is 0. The van der Waals surface area contributed by atoms with Gasteiger partial charge in [-0.05, 0) is 61.4 Å². The van der Waals surface area contributed by atoms with Crippen LogP contribution in [0, 0.1) is 13.8 Å². The number of phenolic OH excluding ortho intramolecular Hbond substituents is 1. The van der Waals surface area contributed by atoms with Gasteiger partial charge in [0.15, 0.2) is 5.58 Å². The van der Waals surface area contributed by atoms with Crippen molar-refractivity contribution in [2.45, 2.75) is 13.8 Å². The maximum absolute atomic E-state index is 10.2.